The van der Waals surface area contributed by atoms with E-state index in [1.165, 1.54) is 6.20 Å². The molecular weight excluding hydrogens is 416 g/mol. The molecule has 0 aliphatic rings. The molecule has 158 valence electrons. The third-order valence-electron chi connectivity index (χ3n) is 5.01. The Morgan fingerprint density at radius 2 is 2.13 bits per heavy atom. The van der Waals surface area contributed by atoms with Gasteiger partial charge in [0.05, 0.1) is 22.8 Å². The number of aliphatic hydroxyl groups excluding tert-OH is 1. The summed E-state index contributed by atoms with van der Waals surface area (Å²) in [6.07, 6.45) is 0.712. The average molecular weight is 437 g/mol. The zero-order valence-electron chi connectivity index (χ0n) is 16.7. The number of aliphatic hydroxyl groups is 1. The number of aryl methyl sites for hydroxylation is 1. The van der Waals surface area contributed by atoms with Crippen molar-refractivity contribution in [3.63, 3.8) is 0 Å². The highest BCUT2D eigenvalue weighted by molar-refractivity contribution is 6.30. The smallest absolute Gasteiger partial charge is 0.261 e. The predicted molar refractivity (Wildman–Crippen MR) is 123 cm³/mol. The standard InChI is InChI=1S/C22H21ClN6O2/c1-11-7-13(20(24)25)9-16-19(11)29-21(28-16)18-15(5-6-26-22(18)31)27-10-17(30)12-3-2-4-14(23)8-12/h2-9,17,30H,10H2,1H3,(H3,24,25)(H,28,29)(H2,26,27,31). The molecule has 0 saturated heterocycles. The molecule has 7 N–H and O–H groups in total. The van der Waals surface area contributed by atoms with Crippen molar-refractivity contribution in [3.05, 3.63) is 80.7 Å². The summed E-state index contributed by atoms with van der Waals surface area (Å²) >= 11 is 6.00. The highest BCUT2D eigenvalue weighted by Gasteiger charge is 2.17. The molecule has 0 spiro atoms. The fourth-order valence-electron chi connectivity index (χ4n) is 3.46. The van der Waals surface area contributed by atoms with Gasteiger partial charge in [0.25, 0.3) is 5.56 Å². The van der Waals surface area contributed by atoms with Crippen LogP contribution in [0.4, 0.5) is 5.69 Å². The summed E-state index contributed by atoms with van der Waals surface area (Å²) in [5.74, 6) is 0.330. The molecule has 2 aromatic carbocycles. The lowest BCUT2D eigenvalue weighted by molar-refractivity contribution is 0.191. The van der Waals surface area contributed by atoms with Gasteiger partial charge in [-0.2, -0.15) is 0 Å². The van der Waals surface area contributed by atoms with Crippen LogP contribution in [0.15, 0.2) is 53.5 Å². The van der Waals surface area contributed by atoms with E-state index in [2.05, 4.69) is 20.3 Å². The second-order valence-corrected chi connectivity index (χ2v) is 7.67. The molecule has 0 saturated carbocycles. The van der Waals surface area contributed by atoms with Gasteiger partial charge in [0.2, 0.25) is 0 Å². The van der Waals surface area contributed by atoms with Gasteiger partial charge in [0.1, 0.15) is 17.2 Å². The number of H-pyrrole nitrogens is 2. The number of nitrogens with zero attached hydrogens (tertiary/aromatic N) is 1. The number of nitrogen functional groups attached to an aromatic ring is 1. The third kappa shape index (κ3) is 4.16. The van der Waals surface area contributed by atoms with Crippen LogP contribution in [0.3, 0.4) is 0 Å². The SMILES string of the molecule is Cc1cc(C(=N)N)cc2[nH]c(-c3c(NCC(O)c4cccc(Cl)c4)cc[nH]c3=O)nc12. The zero-order chi connectivity index (χ0) is 22.1. The van der Waals surface area contributed by atoms with E-state index in [4.69, 9.17) is 22.7 Å². The molecule has 2 aromatic heterocycles. The first-order valence-electron chi connectivity index (χ1n) is 9.57. The fourth-order valence-corrected chi connectivity index (χ4v) is 3.66. The first kappa shape index (κ1) is 20.6. The number of aromatic nitrogens is 3. The zero-order valence-corrected chi connectivity index (χ0v) is 17.4. The van der Waals surface area contributed by atoms with E-state index in [1.807, 2.05) is 6.92 Å². The Morgan fingerprint density at radius 3 is 2.87 bits per heavy atom. The molecule has 1 atom stereocenters. The number of hydrogen-bond donors (Lipinski definition) is 6. The van der Waals surface area contributed by atoms with E-state index in [9.17, 15) is 9.90 Å². The van der Waals surface area contributed by atoms with Crippen molar-refractivity contribution in [1.29, 1.82) is 5.41 Å². The van der Waals surface area contributed by atoms with E-state index >= 15 is 0 Å². The lowest BCUT2D eigenvalue weighted by atomic mass is 10.1. The average Bonchev–Trinajstić information content (AvgIpc) is 3.16. The Labute approximate surface area is 182 Å². The van der Waals surface area contributed by atoms with Gasteiger partial charge in [0, 0.05) is 23.3 Å². The molecule has 0 aliphatic carbocycles. The molecule has 2 heterocycles. The van der Waals surface area contributed by atoms with Crippen molar-refractivity contribution in [1.82, 2.24) is 15.0 Å². The number of imidazole rings is 1. The summed E-state index contributed by atoms with van der Waals surface area (Å²) in [6, 6.07) is 12.2. The highest BCUT2D eigenvalue weighted by atomic mass is 35.5. The molecule has 0 radical (unpaired) electrons. The number of amidine groups is 1. The summed E-state index contributed by atoms with van der Waals surface area (Å²) in [5, 5.41) is 21.8. The normalized spacial score (nSPS) is 12.1. The van der Waals surface area contributed by atoms with Crippen LogP contribution in [-0.2, 0) is 0 Å². The van der Waals surface area contributed by atoms with Crippen LogP contribution in [0.25, 0.3) is 22.4 Å². The number of hydrogen-bond acceptors (Lipinski definition) is 5. The summed E-state index contributed by atoms with van der Waals surface area (Å²) in [6.45, 7) is 2.04. The second kappa shape index (κ2) is 8.25. The van der Waals surface area contributed by atoms with Gasteiger partial charge >= 0.3 is 0 Å². The molecule has 1 unspecified atom stereocenters. The molecular formula is C22H21ClN6O2. The molecule has 0 fully saturated rings. The van der Waals surface area contributed by atoms with Crippen LogP contribution in [0.2, 0.25) is 5.02 Å². The number of nitrogens with one attached hydrogen (secondary N) is 4. The Hall–Kier alpha value is -3.62. The maximum Gasteiger partial charge on any atom is 0.261 e. The fraction of sp³-hybridized carbons (Fsp3) is 0.136. The number of fused-ring (bicyclic) bond motifs is 1. The van der Waals surface area contributed by atoms with Crippen molar-refractivity contribution >= 4 is 34.2 Å². The molecule has 4 aromatic rings. The lowest BCUT2D eigenvalue weighted by Gasteiger charge is -2.15. The molecule has 0 aliphatic heterocycles. The second-order valence-electron chi connectivity index (χ2n) is 7.24. The number of rotatable bonds is 6. The van der Waals surface area contributed by atoms with Gasteiger partial charge in [0.15, 0.2) is 0 Å². The van der Waals surface area contributed by atoms with Gasteiger partial charge in [-0.05, 0) is 48.4 Å². The van der Waals surface area contributed by atoms with Crippen LogP contribution in [0.1, 0.15) is 22.8 Å². The minimum Gasteiger partial charge on any atom is -0.387 e. The Bertz CT molecular complexity index is 1340. The quantitative estimate of drug-likeness (QED) is 0.203. The molecule has 8 nitrogen and oxygen atoms in total. The number of benzene rings is 2. The summed E-state index contributed by atoms with van der Waals surface area (Å²) in [7, 11) is 0. The van der Waals surface area contributed by atoms with Crippen molar-refractivity contribution in [2.45, 2.75) is 13.0 Å². The Balaban J connectivity index is 1.69. The van der Waals surface area contributed by atoms with Crippen molar-refractivity contribution < 1.29 is 5.11 Å². The molecule has 9 heteroatoms. The van der Waals surface area contributed by atoms with Crippen molar-refractivity contribution in [3.8, 4) is 11.4 Å². The van der Waals surface area contributed by atoms with Crippen LogP contribution >= 0.6 is 11.6 Å². The highest BCUT2D eigenvalue weighted by Crippen LogP contribution is 2.27. The van der Waals surface area contributed by atoms with Crippen molar-refractivity contribution in [2.24, 2.45) is 5.73 Å². The van der Waals surface area contributed by atoms with Gasteiger partial charge in [-0.25, -0.2) is 4.98 Å². The van der Waals surface area contributed by atoms with E-state index in [1.54, 1.807) is 42.5 Å². The van der Waals surface area contributed by atoms with E-state index < -0.39 is 6.10 Å². The minimum atomic E-state index is -0.818. The lowest BCUT2D eigenvalue weighted by Crippen LogP contribution is -2.17. The van der Waals surface area contributed by atoms with E-state index in [0.717, 1.165) is 5.56 Å². The maximum atomic E-state index is 12.6. The number of halogens is 1. The monoisotopic (exact) mass is 436 g/mol. The van der Waals surface area contributed by atoms with Gasteiger partial charge in [-0.3, -0.25) is 10.2 Å². The first-order valence-corrected chi connectivity index (χ1v) is 9.95. The van der Waals surface area contributed by atoms with Crippen LogP contribution in [-0.4, -0.2) is 32.4 Å². The van der Waals surface area contributed by atoms with Gasteiger partial charge in [-0.15, -0.1) is 0 Å². The Morgan fingerprint density at radius 1 is 1.32 bits per heavy atom. The summed E-state index contributed by atoms with van der Waals surface area (Å²) in [4.78, 5) is 23.1. The molecule has 4 rings (SSSR count). The molecule has 31 heavy (non-hydrogen) atoms. The van der Waals surface area contributed by atoms with E-state index in [-0.39, 0.29) is 17.9 Å². The van der Waals surface area contributed by atoms with Crippen LogP contribution < -0.4 is 16.6 Å². The topological polar surface area (TPSA) is 144 Å². The molecule has 0 bridgehead atoms. The first-order chi connectivity index (χ1) is 14.8. The number of anilines is 1. The largest absolute Gasteiger partial charge is 0.387 e. The maximum absolute atomic E-state index is 12.6. The number of pyridine rings is 1. The van der Waals surface area contributed by atoms with Gasteiger partial charge in [-0.1, -0.05) is 23.7 Å². The summed E-state index contributed by atoms with van der Waals surface area (Å²) < 4.78 is 0. The number of aromatic amines is 2. The Kier molecular flexibility index (Phi) is 5.50. The predicted octanol–water partition coefficient (Wildman–Crippen LogP) is 3.31. The van der Waals surface area contributed by atoms with E-state index in [0.29, 0.717) is 44.3 Å². The van der Waals surface area contributed by atoms with Gasteiger partial charge < -0.3 is 26.1 Å². The minimum absolute atomic E-state index is 0.0453. The molecule has 0 amide bonds. The number of nitrogens with two attached hydrogens (primary N) is 1. The van der Waals surface area contributed by atoms with Crippen molar-refractivity contribution in [2.75, 3.05) is 11.9 Å². The van der Waals surface area contributed by atoms with Crippen LogP contribution in [0, 0.1) is 12.3 Å². The third-order valence-corrected chi connectivity index (χ3v) is 5.24. The van der Waals surface area contributed by atoms with Crippen LogP contribution in [0.5, 0.6) is 0 Å². The summed E-state index contributed by atoms with van der Waals surface area (Å²) in [5.41, 5.74) is 9.57.